The van der Waals surface area contributed by atoms with E-state index < -0.39 is 9.84 Å². The van der Waals surface area contributed by atoms with Crippen molar-refractivity contribution >= 4 is 15.7 Å². The molecule has 0 atom stereocenters. The van der Waals surface area contributed by atoms with E-state index >= 15 is 0 Å². The van der Waals surface area contributed by atoms with Gasteiger partial charge >= 0.3 is 0 Å². The fourth-order valence-corrected chi connectivity index (χ4v) is 2.56. The minimum atomic E-state index is -3.39. The van der Waals surface area contributed by atoms with Crippen LogP contribution >= 0.6 is 0 Å². The normalized spacial score (nSPS) is 11.6. The lowest BCUT2D eigenvalue weighted by molar-refractivity contribution is 0.0949. The summed E-state index contributed by atoms with van der Waals surface area (Å²) in [7, 11) is 0.527. The number of carbonyl (C=O) groups excluding carboxylic acids is 1. The van der Waals surface area contributed by atoms with Crippen LogP contribution in [0.4, 0.5) is 0 Å². The van der Waals surface area contributed by atoms with Crippen LogP contribution in [0.25, 0.3) is 0 Å². The average molecular weight is 284 g/mol. The Morgan fingerprint density at radius 3 is 2.47 bits per heavy atom. The molecule has 0 bridgehead atoms. The molecule has 19 heavy (non-hydrogen) atoms. The van der Waals surface area contributed by atoms with Crippen LogP contribution in [0, 0.1) is 0 Å². The van der Waals surface area contributed by atoms with Gasteiger partial charge in [0.05, 0.1) is 10.5 Å². The van der Waals surface area contributed by atoms with Crippen LogP contribution in [-0.2, 0) is 9.84 Å². The highest BCUT2D eigenvalue weighted by Gasteiger charge is 2.17. The topological polar surface area (TPSA) is 66.5 Å². The molecule has 0 aromatic heterocycles. The number of carbonyl (C=O) groups is 1. The van der Waals surface area contributed by atoms with Gasteiger partial charge in [0.1, 0.15) is 0 Å². The summed E-state index contributed by atoms with van der Waals surface area (Å²) >= 11 is 0. The van der Waals surface area contributed by atoms with Gasteiger partial charge in [0.15, 0.2) is 9.84 Å². The van der Waals surface area contributed by atoms with Gasteiger partial charge < -0.3 is 10.2 Å². The van der Waals surface area contributed by atoms with E-state index in [0.717, 1.165) is 19.2 Å². The van der Waals surface area contributed by atoms with E-state index in [4.69, 9.17) is 0 Å². The van der Waals surface area contributed by atoms with Gasteiger partial charge in [-0.3, -0.25) is 4.79 Å². The average Bonchev–Trinajstić information content (AvgIpc) is 2.33. The minimum Gasteiger partial charge on any atom is -0.352 e. The maximum atomic E-state index is 12.0. The van der Waals surface area contributed by atoms with Crippen LogP contribution < -0.4 is 5.32 Å². The van der Waals surface area contributed by atoms with Crippen molar-refractivity contribution in [2.24, 2.45) is 0 Å². The van der Waals surface area contributed by atoms with Crippen molar-refractivity contribution in [2.75, 3.05) is 33.4 Å². The van der Waals surface area contributed by atoms with E-state index in [1.807, 2.05) is 19.0 Å². The standard InChI is InChI=1S/C13H20N2O3S/c1-15(2)10-6-9-14-13(16)11-7-4-5-8-12(11)19(3,17)18/h4-5,7-8H,6,9-10H2,1-3H3,(H,14,16). The predicted molar refractivity (Wildman–Crippen MR) is 75.1 cm³/mol. The molecule has 1 aromatic rings. The summed E-state index contributed by atoms with van der Waals surface area (Å²) in [6, 6.07) is 6.24. The maximum absolute atomic E-state index is 12.0. The molecular weight excluding hydrogens is 264 g/mol. The van der Waals surface area contributed by atoms with Gasteiger partial charge in [-0.05, 0) is 39.2 Å². The second-order valence-corrected chi connectivity index (χ2v) is 6.67. The van der Waals surface area contributed by atoms with Gasteiger partial charge in [-0.25, -0.2) is 8.42 Å². The fourth-order valence-electron chi connectivity index (χ4n) is 1.67. The largest absolute Gasteiger partial charge is 0.352 e. The zero-order valence-corrected chi connectivity index (χ0v) is 12.3. The molecule has 0 aliphatic rings. The number of hydrogen-bond donors (Lipinski definition) is 1. The molecule has 0 radical (unpaired) electrons. The van der Waals surface area contributed by atoms with Crippen LogP contribution in [0.1, 0.15) is 16.8 Å². The lowest BCUT2D eigenvalue weighted by Crippen LogP contribution is -2.28. The van der Waals surface area contributed by atoms with Crippen LogP contribution in [-0.4, -0.2) is 52.7 Å². The molecule has 5 nitrogen and oxygen atoms in total. The van der Waals surface area contributed by atoms with Gasteiger partial charge in [0, 0.05) is 12.8 Å². The van der Waals surface area contributed by atoms with E-state index in [1.165, 1.54) is 12.1 Å². The van der Waals surface area contributed by atoms with Crippen LogP contribution in [0.3, 0.4) is 0 Å². The Labute approximate surface area is 114 Å². The lowest BCUT2D eigenvalue weighted by atomic mass is 10.2. The Hall–Kier alpha value is -1.40. The Balaban J connectivity index is 2.73. The number of nitrogens with zero attached hydrogens (tertiary/aromatic N) is 1. The molecule has 106 valence electrons. The molecule has 0 aliphatic heterocycles. The molecule has 0 fully saturated rings. The summed E-state index contributed by atoms with van der Waals surface area (Å²) in [5.74, 6) is -0.347. The van der Waals surface area contributed by atoms with Crippen molar-refractivity contribution in [3.05, 3.63) is 29.8 Å². The molecule has 0 spiro atoms. The molecule has 1 rings (SSSR count). The first-order valence-electron chi connectivity index (χ1n) is 6.04. The van der Waals surface area contributed by atoms with Gasteiger partial charge in [0.2, 0.25) is 0 Å². The Morgan fingerprint density at radius 1 is 1.26 bits per heavy atom. The predicted octanol–water partition coefficient (Wildman–Crippen LogP) is 0.772. The Kier molecular flexibility index (Phi) is 5.50. The number of benzene rings is 1. The second-order valence-electron chi connectivity index (χ2n) is 4.68. The molecule has 0 aliphatic carbocycles. The number of rotatable bonds is 6. The first-order valence-corrected chi connectivity index (χ1v) is 7.93. The molecule has 1 aromatic carbocycles. The van der Waals surface area contributed by atoms with E-state index in [1.54, 1.807) is 12.1 Å². The molecule has 6 heteroatoms. The summed E-state index contributed by atoms with van der Waals surface area (Å²) in [5.41, 5.74) is 0.204. The Bertz CT molecular complexity index is 539. The van der Waals surface area contributed by atoms with Gasteiger partial charge in [0.25, 0.3) is 5.91 Å². The van der Waals surface area contributed by atoms with E-state index in [2.05, 4.69) is 5.32 Å². The van der Waals surface area contributed by atoms with E-state index in [0.29, 0.717) is 6.54 Å². The van der Waals surface area contributed by atoms with Crippen LogP contribution in [0.2, 0.25) is 0 Å². The van der Waals surface area contributed by atoms with Crippen molar-refractivity contribution in [1.82, 2.24) is 10.2 Å². The van der Waals surface area contributed by atoms with Gasteiger partial charge in [-0.1, -0.05) is 12.1 Å². The van der Waals surface area contributed by atoms with Crippen molar-refractivity contribution in [3.63, 3.8) is 0 Å². The summed E-state index contributed by atoms with van der Waals surface area (Å²) in [6.45, 7) is 1.39. The molecule has 1 amide bonds. The first kappa shape index (κ1) is 15.7. The highest BCUT2D eigenvalue weighted by atomic mass is 32.2. The molecule has 0 saturated heterocycles. The third kappa shape index (κ3) is 5.00. The third-order valence-corrected chi connectivity index (χ3v) is 3.75. The number of amides is 1. The zero-order chi connectivity index (χ0) is 14.5. The Morgan fingerprint density at radius 2 is 1.89 bits per heavy atom. The molecule has 0 heterocycles. The van der Waals surface area contributed by atoms with Gasteiger partial charge in [-0.15, -0.1) is 0 Å². The highest BCUT2D eigenvalue weighted by Crippen LogP contribution is 2.14. The maximum Gasteiger partial charge on any atom is 0.252 e. The van der Waals surface area contributed by atoms with Crippen molar-refractivity contribution in [1.29, 1.82) is 0 Å². The monoisotopic (exact) mass is 284 g/mol. The summed E-state index contributed by atoms with van der Waals surface area (Å²) in [5, 5.41) is 2.74. The summed E-state index contributed by atoms with van der Waals surface area (Å²) in [6.07, 6.45) is 1.92. The lowest BCUT2D eigenvalue weighted by Gasteiger charge is -2.11. The fraction of sp³-hybridized carbons (Fsp3) is 0.462. The smallest absolute Gasteiger partial charge is 0.252 e. The first-order chi connectivity index (χ1) is 8.82. The summed E-state index contributed by atoms with van der Waals surface area (Å²) < 4.78 is 23.2. The van der Waals surface area contributed by atoms with Crippen LogP contribution in [0.15, 0.2) is 29.2 Å². The van der Waals surface area contributed by atoms with Crippen molar-refractivity contribution in [2.45, 2.75) is 11.3 Å². The minimum absolute atomic E-state index is 0.0695. The number of hydrogen-bond acceptors (Lipinski definition) is 4. The quantitative estimate of drug-likeness (QED) is 0.784. The molecule has 0 saturated carbocycles. The number of nitrogens with one attached hydrogen (secondary N) is 1. The SMILES string of the molecule is CN(C)CCCNC(=O)c1ccccc1S(C)(=O)=O. The number of sulfone groups is 1. The third-order valence-electron chi connectivity index (χ3n) is 2.60. The van der Waals surface area contributed by atoms with Crippen LogP contribution in [0.5, 0.6) is 0 Å². The van der Waals surface area contributed by atoms with Crippen molar-refractivity contribution in [3.8, 4) is 0 Å². The van der Waals surface area contributed by atoms with E-state index in [-0.39, 0.29) is 16.4 Å². The molecular formula is C13H20N2O3S. The molecule has 1 N–H and O–H groups in total. The molecule has 0 unspecified atom stereocenters. The summed E-state index contributed by atoms with van der Waals surface area (Å²) in [4.78, 5) is 14.1. The highest BCUT2D eigenvalue weighted by molar-refractivity contribution is 7.90. The zero-order valence-electron chi connectivity index (χ0n) is 11.5. The van der Waals surface area contributed by atoms with Crippen molar-refractivity contribution < 1.29 is 13.2 Å². The van der Waals surface area contributed by atoms with Gasteiger partial charge in [-0.2, -0.15) is 0 Å². The van der Waals surface area contributed by atoms with E-state index in [9.17, 15) is 13.2 Å². The second kappa shape index (κ2) is 6.68.